The van der Waals surface area contributed by atoms with E-state index in [0.29, 0.717) is 23.3 Å². The van der Waals surface area contributed by atoms with Crippen molar-refractivity contribution in [2.24, 2.45) is 0 Å². The van der Waals surface area contributed by atoms with Crippen LogP contribution in [0.5, 0.6) is 5.75 Å². The van der Waals surface area contributed by atoms with Crippen molar-refractivity contribution in [2.75, 3.05) is 30.8 Å². The molecule has 1 aliphatic rings. The number of rotatable bonds is 3. The lowest BCUT2D eigenvalue weighted by Gasteiger charge is -2.24. The summed E-state index contributed by atoms with van der Waals surface area (Å²) < 4.78 is 10.9. The summed E-state index contributed by atoms with van der Waals surface area (Å²) in [5, 5.41) is 8.23. The Balaban J connectivity index is 1.84. The van der Waals surface area contributed by atoms with E-state index in [0.717, 1.165) is 18.7 Å². The average molecular weight is 274 g/mol. The second-order valence-corrected chi connectivity index (χ2v) is 4.89. The Hall–Kier alpha value is -2.24. The van der Waals surface area contributed by atoms with Crippen molar-refractivity contribution in [2.45, 2.75) is 19.3 Å². The number of nitrogen functional groups attached to an aromatic ring is 1. The number of hydrogen-bond acceptors (Lipinski definition) is 6. The molecular formula is C14H18N4O2. The van der Waals surface area contributed by atoms with Gasteiger partial charge in [-0.1, -0.05) is 5.10 Å². The average Bonchev–Trinajstić information content (AvgIpc) is 2.98. The number of nitrogens with zero attached hydrogens (tertiary/aromatic N) is 3. The van der Waals surface area contributed by atoms with Gasteiger partial charge in [-0.05, 0) is 37.5 Å². The van der Waals surface area contributed by atoms with Gasteiger partial charge in [0.1, 0.15) is 5.75 Å². The predicted octanol–water partition coefficient (Wildman–Crippen LogP) is 2.32. The molecule has 1 saturated heterocycles. The van der Waals surface area contributed by atoms with Crippen molar-refractivity contribution in [3.05, 3.63) is 18.2 Å². The Labute approximate surface area is 117 Å². The number of hydrogen-bond donors (Lipinski definition) is 1. The number of aromatic nitrogens is 2. The van der Waals surface area contributed by atoms with E-state index in [1.165, 1.54) is 19.3 Å². The van der Waals surface area contributed by atoms with Gasteiger partial charge in [0.05, 0.1) is 12.8 Å². The lowest BCUT2D eigenvalue weighted by molar-refractivity contribution is 0.417. The molecule has 6 heteroatoms. The van der Waals surface area contributed by atoms with Crippen molar-refractivity contribution in [1.82, 2.24) is 10.2 Å². The van der Waals surface area contributed by atoms with Crippen molar-refractivity contribution in [1.29, 1.82) is 0 Å². The fourth-order valence-corrected chi connectivity index (χ4v) is 2.41. The zero-order valence-electron chi connectivity index (χ0n) is 11.5. The van der Waals surface area contributed by atoms with Crippen molar-refractivity contribution in [3.8, 4) is 17.2 Å². The molecule has 2 heterocycles. The molecule has 106 valence electrons. The monoisotopic (exact) mass is 274 g/mol. The first-order valence-electron chi connectivity index (χ1n) is 6.80. The zero-order chi connectivity index (χ0) is 13.9. The second kappa shape index (κ2) is 5.40. The summed E-state index contributed by atoms with van der Waals surface area (Å²) in [5.41, 5.74) is 7.26. The lowest BCUT2D eigenvalue weighted by Crippen LogP contribution is -2.29. The first-order chi connectivity index (χ1) is 9.78. The molecule has 0 saturated carbocycles. The van der Waals surface area contributed by atoms with Crippen LogP contribution < -0.4 is 15.4 Å². The fraction of sp³-hybridized carbons (Fsp3) is 0.429. The summed E-state index contributed by atoms with van der Waals surface area (Å²) >= 11 is 0. The van der Waals surface area contributed by atoms with Gasteiger partial charge >= 0.3 is 6.01 Å². The number of nitrogens with two attached hydrogens (primary N) is 1. The fourth-order valence-electron chi connectivity index (χ4n) is 2.41. The van der Waals surface area contributed by atoms with E-state index >= 15 is 0 Å². The van der Waals surface area contributed by atoms with Crippen LogP contribution in [0.3, 0.4) is 0 Å². The van der Waals surface area contributed by atoms with Gasteiger partial charge in [0.15, 0.2) is 0 Å². The summed E-state index contributed by atoms with van der Waals surface area (Å²) in [6.45, 7) is 1.96. The van der Waals surface area contributed by atoms with Crippen LogP contribution in [-0.4, -0.2) is 30.4 Å². The molecule has 0 amide bonds. The highest BCUT2D eigenvalue weighted by Gasteiger charge is 2.18. The third-order valence-corrected chi connectivity index (χ3v) is 3.52. The van der Waals surface area contributed by atoms with Crippen molar-refractivity contribution >= 4 is 11.7 Å². The van der Waals surface area contributed by atoms with E-state index in [-0.39, 0.29) is 0 Å². The minimum absolute atomic E-state index is 0.486. The van der Waals surface area contributed by atoms with Crippen molar-refractivity contribution < 1.29 is 9.15 Å². The number of ether oxygens (including phenoxy) is 1. The normalized spacial score (nSPS) is 15.3. The molecule has 6 nitrogen and oxygen atoms in total. The van der Waals surface area contributed by atoms with Crippen LogP contribution in [0.15, 0.2) is 22.6 Å². The lowest BCUT2D eigenvalue weighted by atomic mass is 10.1. The van der Waals surface area contributed by atoms with E-state index in [1.54, 1.807) is 19.2 Å². The summed E-state index contributed by atoms with van der Waals surface area (Å²) in [7, 11) is 1.59. The van der Waals surface area contributed by atoms with Crippen LogP contribution in [0.25, 0.3) is 11.5 Å². The molecule has 0 atom stereocenters. The van der Waals surface area contributed by atoms with Gasteiger partial charge in [-0.25, -0.2) is 0 Å². The van der Waals surface area contributed by atoms with Crippen LogP contribution in [0.1, 0.15) is 19.3 Å². The van der Waals surface area contributed by atoms with Crippen LogP contribution in [-0.2, 0) is 0 Å². The molecule has 2 N–H and O–H groups in total. The molecule has 0 bridgehead atoms. The smallest absolute Gasteiger partial charge is 0.318 e. The maximum absolute atomic E-state index is 5.89. The molecule has 2 aromatic rings. The Bertz CT molecular complexity index is 591. The van der Waals surface area contributed by atoms with E-state index in [4.69, 9.17) is 14.9 Å². The first-order valence-corrected chi connectivity index (χ1v) is 6.80. The molecule has 0 radical (unpaired) electrons. The standard InChI is InChI=1S/C14H18N4O2/c1-19-12-6-5-10(9-11(12)15)13-16-17-14(20-13)18-7-3-2-4-8-18/h5-6,9H,2-4,7-8,15H2,1H3. The maximum atomic E-state index is 5.89. The molecule has 20 heavy (non-hydrogen) atoms. The summed E-state index contributed by atoms with van der Waals surface area (Å²) in [4.78, 5) is 2.13. The molecule has 1 fully saturated rings. The highest BCUT2D eigenvalue weighted by molar-refractivity contribution is 5.65. The number of methoxy groups -OCH3 is 1. The third-order valence-electron chi connectivity index (χ3n) is 3.52. The predicted molar refractivity (Wildman–Crippen MR) is 76.8 cm³/mol. The molecule has 1 aromatic heterocycles. The second-order valence-electron chi connectivity index (χ2n) is 4.89. The third kappa shape index (κ3) is 2.41. The highest BCUT2D eigenvalue weighted by atomic mass is 16.5. The number of piperidine rings is 1. The Morgan fingerprint density at radius 3 is 2.70 bits per heavy atom. The van der Waals surface area contributed by atoms with Gasteiger partial charge in [0.25, 0.3) is 0 Å². The van der Waals surface area contributed by atoms with Gasteiger partial charge in [-0.3, -0.25) is 0 Å². The van der Waals surface area contributed by atoms with Gasteiger partial charge in [-0.2, -0.15) is 0 Å². The van der Waals surface area contributed by atoms with E-state index in [2.05, 4.69) is 15.1 Å². The minimum atomic E-state index is 0.486. The molecular weight excluding hydrogens is 256 g/mol. The largest absolute Gasteiger partial charge is 0.495 e. The topological polar surface area (TPSA) is 77.4 Å². The molecule has 1 aliphatic heterocycles. The number of benzene rings is 1. The Kier molecular flexibility index (Phi) is 3.45. The summed E-state index contributed by atoms with van der Waals surface area (Å²) in [5.74, 6) is 1.13. The zero-order valence-corrected chi connectivity index (χ0v) is 11.5. The first kappa shape index (κ1) is 12.8. The van der Waals surface area contributed by atoms with Gasteiger partial charge < -0.3 is 19.8 Å². The molecule has 0 aliphatic carbocycles. The van der Waals surface area contributed by atoms with Crippen LogP contribution >= 0.6 is 0 Å². The molecule has 0 spiro atoms. The Morgan fingerprint density at radius 2 is 2.00 bits per heavy atom. The summed E-state index contributed by atoms with van der Waals surface area (Å²) in [6.07, 6.45) is 3.62. The molecule has 1 aromatic carbocycles. The van der Waals surface area contributed by atoms with Gasteiger partial charge in [0.2, 0.25) is 5.89 Å². The maximum Gasteiger partial charge on any atom is 0.318 e. The Morgan fingerprint density at radius 1 is 1.20 bits per heavy atom. The van der Waals surface area contributed by atoms with Crippen molar-refractivity contribution in [3.63, 3.8) is 0 Å². The van der Waals surface area contributed by atoms with Crippen LogP contribution in [0.4, 0.5) is 11.7 Å². The SMILES string of the molecule is COc1ccc(-c2nnc(N3CCCCC3)o2)cc1N. The molecule has 0 unspecified atom stereocenters. The van der Waals surface area contributed by atoms with Gasteiger partial charge in [-0.15, -0.1) is 5.10 Å². The van der Waals surface area contributed by atoms with Crippen LogP contribution in [0.2, 0.25) is 0 Å². The summed E-state index contributed by atoms with van der Waals surface area (Å²) in [6, 6.07) is 6.04. The highest BCUT2D eigenvalue weighted by Crippen LogP contribution is 2.29. The quantitative estimate of drug-likeness (QED) is 0.865. The number of anilines is 2. The minimum Gasteiger partial charge on any atom is -0.495 e. The van der Waals surface area contributed by atoms with E-state index in [1.807, 2.05) is 6.07 Å². The van der Waals surface area contributed by atoms with E-state index in [9.17, 15) is 0 Å². The van der Waals surface area contributed by atoms with Crippen LogP contribution in [0, 0.1) is 0 Å². The van der Waals surface area contributed by atoms with E-state index < -0.39 is 0 Å². The molecule has 3 rings (SSSR count). The van der Waals surface area contributed by atoms with Gasteiger partial charge in [0, 0.05) is 18.7 Å².